The highest BCUT2D eigenvalue weighted by Crippen LogP contribution is 2.20. The van der Waals surface area contributed by atoms with Crippen LogP contribution in [0.25, 0.3) is 0 Å². The van der Waals surface area contributed by atoms with Gasteiger partial charge in [0.05, 0.1) is 6.10 Å². The number of nitrogens with zero attached hydrogens (tertiary/aromatic N) is 1. The third-order valence-electron chi connectivity index (χ3n) is 2.42. The van der Waals surface area contributed by atoms with Crippen molar-refractivity contribution in [1.29, 1.82) is 0 Å². The summed E-state index contributed by atoms with van der Waals surface area (Å²) in [4.78, 5) is 0. The number of nitrogens with one attached hydrogen (secondary N) is 1. The Balaban J connectivity index is 1.84. The normalized spacial score (nSPS) is 18.9. The molecule has 0 spiro atoms. The Hall–Kier alpha value is -0.800. The van der Waals surface area contributed by atoms with Gasteiger partial charge in [0, 0.05) is 32.0 Å². The maximum Gasteiger partial charge on any atom is 0.0929 e. The molecule has 1 aromatic rings. The average Bonchev–Trinajstić information content (AvgIpc) is 2.84. The molecule has 3 nitrogen and oxygen atoms in total. The van der Waals surface area contributed by atoms with Gasteiger partial charge in [-0.25, -0.2) is 0 Å². The number of rotatable bonds is 4. The molecule has 0 radical (unpaired) electrons. The van der Waals surface area contributed by atoms with E-state index in [1.54, 1.807) is 0 Å². The van der Waals surface area contributed by atoms with Crippen molar-refractivity contribution in [3.63, 3.8) is 0 Å². The van der Waals surface area contributed by atoms with Gasteiger partial charge in [0.1, 0.15) is 0 Å². The van der Waals surface area contributed by atoms with Gasteiger partial charge >= 0.3 is 0 Å². The van der Waals surface area contributed by atoms with E-state index < -0.39 is 0 Å². The van der Waals surface area contributed by atoms with Crippen molar-refractivity contribution >= 4 is 0 Å². The second-order valence-corrected chi connectivity index (χ2v) is 3.81. The number of aliphatic hydroxyl groups is 1. The molecule has 0 amide bonds. The summed E-state index contributed by atoms with van der Waals surface area (Å²) in [6.07, 6.45) is 6.08. The molecule has 1 unspecified atom stereocenters. The van der Waals surface area contributed by atoms with E-state index in [4.69, 9.17) is 0 Å². The second kappa shape index (κ2) is 3.52. The summed E-state index contributed by atoms with van der Waals surface area (Å²) in [5.41, 5.74) is 0.996. The third-order valence-corrected chi connectivity index (χ3v) is 2.42. The van der Waals surface area contributed by atoms with Crippen molar-refractivity contribution < 1.29 is 5.11 Å². The van der Waals surface area contributed by atoms with Crippen LogP contribution in [0.2, 0.25) is 0 Å². The molecule has 1 aliphatic rings. The first kappa shape index (κ1) is 8.78. The summed E-state index contributed by atoms with van der Waals surface area (Å²) < 4.78 is 1.95. The van der Waals surface area contributed by atoms with Crippen molar-refractivity contribution in [2.24, 2.45) is 7.05 Å². The van der Waals surface area contributed by atoms with Gasteiger partial charge in [-0.2, -0.15) is 0 Å². The first-order valence-electron chi connectivity index (χ1n) is 4.79. The highest BCUT2D eigenvalue weighted by atomic mass is 16.3. The largest absolute Gasteiger partial charge is 0.387 e. The lowest BCUT2D eigenvalue weighted by atomic mass is 10.2. The zero-order valence-corrected chi connectivity index (χ0v) is 7.90. The minimum atomic E-state index is -0.359. The fraction of sp³-hybridized carbons (Fsp3) is 0.600. The predicted octanol–water partition coefficient (Wildman–Crippen LogP) is 0.810. The lowest BCUT2D eigenvalue weighted by molar-refractivity contribution is 0.174. The fourth-order valence-corrected chi connectivity index (χ4v) is 1.41. The zero-order chi connectivity index (χ0) is 9.26. The molecular weight excluding hydrogens is 164 g/mol. The SMILES string of the molecule is Cn1ccc(C(O)CNC2CC2)c1. The number of aliphatic hydroxyl groups excluding tert-OH is 1. The summed E-state index contributed by atoms with van der Waals surface area (Å²) in [7, 11) is 1.96. The molecule has 0 aliphatic heterocycles. The predicted molar refractivity (Wildman–Crippen MR) is 51.4 cm³/mol. The maximum atomic E-state index is 9.73. The van der Waals surface area contributed by atoms with Crippen LogP contribution < -0.4 is 5.32 Å². The Morgan fingerprint density at radius 2 is 2.46 bits per heavy atom. The van der Waals surface area contributed by atoms with E-state index in [1.807, 2.05) is 30.1 Å². The molecule has 13 heavy (non-hydrogen) atoms. The molecule has 0 aromatic carbocycles. The topological polar surface area (TPSA) is 37.2 Å². The smallest absolute Gasteiger partial charge is 0.0929 e. The van der Waals surface area contributed by atoms with E-state index >= 15 is 0 Å². The van der Waals surface area contributed by atoms with E-state index in [9.17, 15) is 5.11 Å². The Kier molecular flexibility index (Phi) is 2.38. The molecule has 2 N–H and O–H groups in total. The summed E-state index contributed by atoms with van der Waals surface area (Å²) in [5, 5.41) is 13.0. The van der Waals surface area contributed by atoms with Crippen LogP contribution in [0.5, 0.6) is 0 Å². The monoisotopic (exact) mass is 180 g/mol. The third kappa shape index (κ3) is 2.32. The van der Waals surface area contributed by atoms with Crippen LogP contribution in [0, 0.1) is 0 Å². The van der Waals surface area contributed by atoms with E-state index in [1.165, 1.54) is 12.8 Å². The molecule has 3 heteroatoms. The highest BCUT2D eigenvalue weighted by Gasteiger charge is 2.21. The van der Waals surface area contributed by atoms with E-state index in [0.29, 0.717) is 12.6 Å². The average molecular weight is 180 g/mol. The van der Waals surface area contributed by atoms with Gasteiger partial charge in [0.15, 0.2) is 0 Å². The lowest BCUT2D eigenvalue weighted by Gasteiger charge is -2.09. The van der Waals surface area contributed by atoms with Crippen LogP contribution in [0.15, 0.2) is 18.5 Å². The molecule has 1 atom stereocenters. The second-order valence-electron chi connectivity index (χ2n) is 3.81. The first-order valence-corrected chi connectivity index (χ1v) is 4.79. The summed E-state index contributed by atoms with van der Waals surface area (Å²) in [6.45, 7) is 0.675. The quantitative estimate of drug-likeness (QED) is 0.719. The molecule has 1 heterocycles. The zero-order valence-electron chi connectivity index (χ0n) is 7.90. The highest BCUT2D eigenvalue weighted by molar-refractivity contribution is 5.13. The molecular formula is C10H16N2O. The lowest BCUT2D eigenvalue weighted by Crippen LogP contribution is -2.23. The van der Waals surface area contributed by atoms with Gasteiger partial charge in [-0.3, -0.25) is 0 Å². The molecule has 1 aromatic heterocycles. The van der Waals surface area contributed by atoms with Crippen LogP contribution in [0.4, 0.5) is 0 Å². The van der Waals surface area contributed by atoms with Gasteiger partial charge < -0.3 is 15.0 Å². The van der Waals surface area contributed by atoms with Crippen molar-refractivity contribution in [3.8, 4) is 0 Å². The van der Waals surface area contributed by atoms with Crippen LogP contribution in [0.3, 0.4) is 0 Å². The Morgan fingerprint density at radius 1 is 1.69 bits per heavy atom. The summed E-state index contributed by atoms with van der Waals surface area (Å²) >= 11 is 0. The van der Waals surface area contributed by atoms with E-state index in [2.05, 4.69) is 5.32 Å². The van der Waals surface area contributed by atoms with Crippen LogP contribution in [0.1, 0.15) is 24.5 Å². The number of aryl methyl sites for hydroxylation is 1. The molecule has 1 saturated carbocycles. The fourth-order valence-electron chi connectivity index (χ4n) is 1.41. The minimum absolute atomic E-state index is 0.359. The first-order chi connectivity index (χ1) is 6.25. The van der Waals surface area contributed by atoms with Gasteiger partial charge in [0.25, 0.3) is 0 Å². The number of hydrogen-bond acceptors (Lipinski definition) is 2. The van der Waals surface area contributed by atoms with Gasteiger partial charge in [-0.05, 0) is 24.5 Å². The van der Waals surface area contributed by atoms with E-state index in [-0.39, 0.29) is 6.10 Å². The van der Waals surface area contributed by atoms with Crippen LogP contribution >= 0.6 is 0 Å². The van der Waals surface area contributed by atoms with Crippen molar-refractivity contribution in [1.82, 2.24) is 9.88 Å². The molecule has 1 fully saturated rings. The summed E-state index contributed by atoms with van der Waals surface area (Å²) in [6, 6.07) is 2.62. The molecule has 72 valence electrons. The molecule has 0 bridgehead atoms. The molecule has 0 saturated heterocycles. The Bertz CT molecular complexity index is 278. The van der Waals surface area contributed by atoms with Crippen molar-refractivity contribution in [3.05, 3.63) is 24.0 Å². The molecule has 1 aliphatic carbocycles. The Morgan fingerprint density at radius 3 is 3.00 bits per heavy atom. The van der Waals surface area contributed by atoms with Crippen LogP contribution in [-0.4, -0.2) is 22.3 Å². The van der Waals surface area contributed by atoms with Crippen molar-refractivity contribution in [2.75, 3.05) is 6.54 Å². The van der Waals surface area contributed by atoms with Crippen LogP contribution in [-0.2, 0) is 7.05 Å². The Labute approximate surface area is 78.4 Å². The minimum Gasteiger partial charge on any atom is -0.387 e. The molecule has 2 rings (SSSR count). The van der Waals surface area contributed by atoms with Crippen molar-refractivity contribution in [2.45, 2.75) is 25.0 Å². The summed E-state index contributed by atoms with van der Waals surface area (Å²) in [5.74, 6) is 0. The maximum absolute atomic E-state index is 9.73. The van der Waals surface area contributed by atoms with Gasteiger partial charge in [-0.1, -0.05) is 0 Å². The van der Waals surface area contributed by atoms with Gasteiger partial charge in [0.2, 0.25) is 0 Å². The van der Waals surface area contributed by atoms with E-state index in [0.717, 1.165) is 5.56 Å². The standard InChI is InChI=1S/C10H16N2O/c1-12-5-4-8(7-12)10(13)6-11-9-2-3-9/h4-5,7,9-11,13H,2-3,6H2,1H3. The number of hydrogen-bond donors (Lipinski definition) is 2. The number of aromatic nitrogens is 1. The van der Waals surface area contributed by atoms with Gasteiger partial charge in [-0.15, -0.1) is 0 Å².